The third-order valence-electron chi connectivity index (χ3n) is 2.87. The van der Waals surface area contributed by atoms with Crippen LogP contribution >= 0.6 is 23.2 Å². The van der Waals surface area contributed by atoms with Crippen molar-refractivity contribution in [2.45, 2.75) is 13.8 Å². The summed E-state index contributed by atoms with van der Waals surface area (Å²) < 4.78 is 0. The van der Waals surface area contributed by atoms with Gasteiger partial charge < -0.3 is 0 Å². The molecule has 2 aromatic carbocycles. The average Bonchev–Trinajstić information content (AvgIpc) is 2.35. The van der Waals surface area contributed by atoms with Crippen molar-refractivity contribution in [3.05, 3.63) is 63.1 Å². The molecule has 92 valence electrons. The fourth-order valence-corrected chi connectivity index (χ4v) is 1.92. The fourth-order valence-electron chi connectivity index (χ4n) is 1.61. The highest BCUT2D eigenvalue weighted by Gasteiger charge is 1.99. The highest BCUT2D eigenvalue weighted by atomic mass is 35.5. The predicted molar refractivity (Wildman–Crippen MR) is 79.6 cm³/mol. The van der Waals surface area contributed by atoms with E-state index in [1.165, 1.54) is 11.1 Å². The minimum Gasteiger partial charge on any atom is -0.256 e. The molecule has 0 heterocycles. The van der Waals surface area contributed by atoms with E-state index in [0.717, 1.165) is 11.3 Å². The Morgan fingerprint density at radius 3 is 2.50 bits per heavy atom. The zero-order valence-electron chi connectivity index (χ0n) is 10.2. The molecule has 0 aliphatic carbocycles. The van der Waals surface area contributed by atoms with Gasteiger partial charge in [-0.15, -0.1) is 0 Å². The number of rotatable bonds is 2. The lowest BCUT2D eigenvalue weighted by Crippen LogP contribution is -1.84. The molecule has 0 aliphatic rings. The number of hydrogen-bond acceptors (Lipinski definition) is 1. The Labute approximate surface area is 117 Å². The minimum absolute atomic E-state index is 0.543. The second-order valence-electron chi connectivity index (χ2n) is 4.15. The Balaban J connectivity index is 2.30. The summed E-state index contributed by atoms with van der Waals surface area (Å²) in [6.07, 6.45) is 1.80. The van der Waals surface area contributed by atoms with Gasteiger partial charge in [-0.2, -0.15) is 0 Å². The lowest BCUT2D eigenvalue weighted by Gasteiger charge is -2.03. The normalized spacial score (nSPS) is 11.1. The molecule has 0 unspecified atom stereocenters. The van der Waals surface area contributed by atoms with Gasteiger partial charge in [-0.3, -0.25) is 4.99 Å². The van der Waals surface area contributed by atoms with Crippen molar-refractivity contribution in [3.8, 4) is 0 Å². The van der Waals surface area contributed by atoms with Gasteiger partial charge in [0.25, 0.3) is 0 Å². The molecule has 0 aliphatic heterocycles. The first-order valence-corrected chi connectivity index (χ1v) is 6.39. The maximum Gasteiger partial charge on any atom is 0.0661 e. The second kappa shape index (κ2) is 5.55. The van der Waals surface area contributed by atoms with Gasteiger partial charge >= 0.3 is 0 Å². The Morgan fingerprint density at radius 2 is 1.78 bits per heavy atom. The van der Waals surface area contributed by atoms with Gasteiger partial charge in [0.15, 0.2) is 0 Å². The van der Waals surface area contributed by atoms with Crippen molar-refractivity contribution in [2.24, 2.45) is 4.99 Å². The molecule has 0 N–H and O–H groups in total. The van der Waals surface area contributed by atoms with Crippen LogP contribution in [0, 0.1) is 13.8 Å². The van der Waals surface area contributed by atoms with Crippen LogP contribution in [0.15, 0.2) is 41.4 Å². The summed E-state index contributed by atoms with van der Waals surface area (Å²) in [7, 11) is 0. The molecule has 0 fully saturated rings. The fraction of sp³-hybridized carbons (Fsp3) is 0.133. The summed E-state index contributed by atoms with van der Waals surface area (Å²) in [5.74, 6) is 0. The van der Waals surface area contributed by atoms with Crippen LogP contribution in [0.25, 0.3) is 0 Å². The summed E-state index contributed by atoms with van der Waals surface area (Å²) in [6.45, 7) is 4.14. The van der Waals surface area contributed by atoms with Crippen LogP contribution in [0.5, 0.6) is 0 Å². The van der Waals surface area contributed by atoms with Crippen LogP contribution in [0.3, 0.4) is 0 Å². The molecule has 3 heteroatoms. The van der Waals surface area contributed by atoms with Crippen molar-refractivity contribution in [1.29, 1.82) is 0 Å². The molecule has 0 radical (unpaired) electrons. The standard InChI is InChI=1S/C15H13Cl2N/c1-10-4-3-5-15(11(10)2)18-9-12-6-7-13(16)14(17)8-12/h3-9H,1-2H3. The summed E-state index contributed by atoms with van der Waals surface area (Å²) in [5, 5.41) is 1.10. The lowest BCUT2D eigenvalue weighted by molar-refractivity contribution is 1.31. The third kappa shape index (κ3) is 2.92. The highest BCUT2D eigenvalue weighted by Crippen LogP contribution is 2.23. The van der Waals surface area contributed by atoms with Crippen LogP contribution < -0.4 is 0 Å². The van der Waals surface area contributed by atoms with E-state index in [-0.39, 0.29) is 0 Å². The predicted octanol–water partition coefficient (Wildman–Crippen LogP) is 5.36. The van der Waals surface area contributed by atoms with Crippen LogP contribution in [-0.2, 0) is 0 Å². The lowest BCUT2D eigenvalue weighted by atomic mass is 10.1. The van der Waals surface area contributed by atoms with Gasteiger partial charge in [0, 0.05) is 6.21 Å². The van der Waals surface area contributed by atoms with Gasteiger partial charge in [-0.1, -0.05) is 41.4 Å². The number of benzene rings is 2. The Kier molecular flexibility index (Phi) is 4.05. The molecule has 2 aromatic rings. The molecule has 18 heavy (non-hydrogen) atoms. The smallest absolute Gasteiger partial charge is 0.0661 e. The first kappa shape index (κ1) is 13.1. The molecule has 0 atom stereocenters. The van der Waals surface area contributed by atoms with Crippen molar-refractivity contribution in [1.82, 2.24) is 0 Å². The Bertz CT molecular complexity index is 603. The molecular formula is C15H13Cl2N. The topological polar surface area (TPSA) is 12.4 Å². The first-order chi connectivity index (χ1) is 8.58. The van der Waals surface area contributed by atoms with Crippen molar-refractivity contribution >= 4 is 35.1 Å². The summed E-state index contributed by atoms with van der Waals surface area (Å²) in [6, 6.07) is 11.5. The summed E-state index contributed by atoms with van der Waals surface area (Å²) >= 11 is 11.8. The SMILES string of the molecule is Cc1cccc(N=Cc2ccc(Cl)c(Cl)c2)c1C. The van der Waals surface area contributed by atoms with Crippen LogP contribution in [0.1, 0.15) is 16.7 Å². The van der Waals surface area contributed by atoms with Gasteiger partial charge in [0.05, 0.1) is 15.7 Å². The number of nitrogens with zero attached hydrogens (tertiary/aromatic N) is 1. The van der Waals surface area contributed by atoms with Crippen molar-refractivity contribution in [3.63, 3.8) is 0 Å². The number of halogens is 2. The minimum atomic E-state index is 0.543. The summed E-state index contributed by atoms with van der Waals surface area (Å²) in [5.41, 5.74) is 4.33. The van der Waals surface area contributed by atoms with E-state index < -0.39 is 0 Å². The molecule has 0 spiro atoms. The van der Waals surface area contributed by atoms with Gasteiger partial charge in [0.2, 0.25) is 0 Å². The van der Waals surface area contributed by atoms with E-state index in [1.807, 2.05) is 18.2 Å². The zero-order chi connectivity index (χ0) is 13.1. The van der Waals surface area contributed by atoms with Crippen molar-refractivity contribution in [2.75, 3.05) is 0 Å². The van der Waals surface area contributed by atoms with Crippen LogP contribution in [0.4, 0.5) is 5.69 Å². The van der Waals surface area contributed by atoms with E-state index >= 15 is 0 Å². The van der Waals surface area contributed by atoms with E-state index in [1.54, 1.807) is 18.3 Å². The number of hydrogen-bond donors (Lipinski definition) is 0. The van der Waals surface area contributed by atoms with E-state index in [0.29, 0.717) is 10.0 Å². The maximum absolute atomic E-state index is 5.96. The van der Waals surface area contributed by atoms with Crippen LogP contribution in [0.2, 0.25) is 10.0 Å². The van der Waals surface area contributed by atoms with E-state index in [2.05, 4.69) is 24.9 Å². The Hall–Kier alpha value is -1.31. The largest absolute Gasteiger partial charge is 0.256 e. The molecule has 0 amide bonds. The number of aliphatic imine (C=N–C) groups is 1. The third-order valence-corrected chi connectivity index (χ3v) is 3.61. The quantitative estimate of drug-likeness (QED) is 0.655. The molecular weight excluding hydrogens is 265 g/mol. The highest BCUT2D eigenvalue weighted by molar-refractivity contribution is 6.42. The molecule has 0 aromatic heterocycles. The van der Waals surface area contributed by atoms with Gasteiger partial charge in [0.1, 0.15) is 0 Å². The van der Waals surface area contributed by atoms with Crippen molar-refractivity contribution < 1.29 is 0 Å². The molecule has 2 rings (SSSR count). The zero-order valence-corrected chi connectivity index (χ0v) is 11.8. The Morgan fingerprint density at radius 1 is 1.00 bits per heavy atom. The molecule has 0 saturated carbocycles. The number of aryl methyl sites for hydroxylation is 1. The molecule has 0 saturated heterocycles. The van der Waals surface area contributed by atoms with Crippen LogP contribution in [-0.4, -0.2) is 6.21 Å². The second-order valence-corrected chi connectivity index (χ2v) is 4.97. The van der Waals surface area contributed by atoms with Gasteiger partial charge in [-0.05, 0) is 48.7 Å². The molecule has 1 nitrogen and oxygen atoms in total. The van der Waals surface area contributed by atoms with E-state index in [9.17, 15) is 0 Å². The molecule has 0 bridgehead atoms. The van der Waals surface area contributed by atoms with Gasteiger partial charge in [-0.25, -0.2) is 0 Å². The first-order valence-electron chi connectivity index (χ1n) is 5.63. The van der Waals surface area contributed by atoms with E-state index in [4.69, 9.17) is 23.2 Å². The maximum atomic E-state index is 5.96. The summed E-state index contributed by atoms with van der Waals surface area (Å²) in [4.78, 5) is 4.48. The average molecular weight is 278 g/mol. The monoisotopic (exact) mass is 277 g/mol.